The molecule has 0 bridgehead atoms. The van der Waals surface area contributed by atoms with Crippen molar-refractivity contribution in [3.05, 3.63) is 46.3 Å². The van der Waals surface area contributed by atoms with E-state index in [1.165, 1.54) is 4.90 Å². The predicted octanol–water partition coefficient (Wildman–Crippen LogP) is 2.84. The van der Waals surface area contributed by atoms with E-state index in [9.17, 15) is 14.4 Å². The molecule has 0 aliphatic rings. The molecule has 0 N–H and O–H groups in total. The summed E-state index contributed by atoms with van der Waals surface area (Å²) in [5.41, 5.74) is -0.261. The second kappa shape index (κ2) is 8.46. The van der Waals surface area contributed by atoms with Crippen LogP contribution in [0.5, 0.6) is 0 Å². The molecule has 0 aliphatic carbocycles. The Bertz CT molecular complexity index is 809. The molecule has 0 saturated carbocycles. The molecule has 0 atom stereocenters. The van der Waals surface area contributed by atoms with Crippen molar-refractivity contribution in [3.8, 4) is 0 Å². The minimum atomic E-state index is -0.673. The number of rotatable bonds is 7. The van der Waals surface area contributed by atoms with Gasteiger partial charge in [-0.15, -0.1) is 0 Å². The lowest BCUT2D eigenvalue weighted by Gasteiger charge is -2.24. The normalized spacial score (nSPS) is 10.9. The van der Waals surface area contributed by atoms with E-state index < -0.39 is 11.5 Å². The minimum Gasteiger partial charge on any atom is -0.466 e. The smallest absolute Gasteiger partial charge is 0.349 e. The van der Waals surface area contributed by atoms with Crippen LogP contribution in [-0.4, -0.2) is 36.5 Å². The van der Waals surface area contributed by atoms with E-state index >= 15 is 0 Å². The molecule has 1 amide bonds. The summed E-state index contributed by atoms with van der Waals surface area (Å²) in [6.45, 7) is 6.59. The van der Waals surface area contributed by atoms with Gasteiger partial charge < -0.3 is 14.1 Å². The average molecular weight is 345 g/mol. The fraction of sp³-hybridized carbons (Fsp3) is 0.421. The number of hydrogen-bond donors (Lipinski definition) is 0. The number of fused-ring (bicyclic) bond motifs is 1. The molecule has 0 saturated heterocycles. The molecule has 6 heteroatoms. The van der Waals surface area contributed by atoms with E-state index in [1.54, 1.807) is 31.2 Å². The van der Waals surface area contributed by atoms with Gasteiger partial charge in [0.2, 0.25) is 0 Å². The van der Waals surface area contributed by atoms with Crippen molar-refractivity contribution in [3.63, 3.8) is 0 Å². The Morgan fingerprint density at radius 3 is 2.64 bits per heavy atom. The third-order valence-corrected chi connectivity index (χ3v) is 3.64. The Kier molecular flexibility index (Phi) is 6.33. The maximum absolute atomic E-state index is 12.8. The number of hydrogen-bond acceptors (Lipinski definition) is 5. The highest BCUT2D eigenvalue weighted by atomic mass is 16.5. The largest absolute Gasteiger partial charge is 0.466 e. The number of benzene rings is 1. The second-order valence-corrected chi connectivity index (χ2v) is 6.19. The summed E-state index contributed by atoms with van der Waals surface area (Å²) in [4.78, 5) is 38.1. The number of ether oxygens (including phenoxy) is 1. The number of amides is 1. The molecule has 1 aromatic heterocycles. The van der Waals surface area contributed by atoms with Gasteiger partial charge in [-0.3, -0.25) is 9.59 Å². The van der Waals surface area contributed by atoms with Crippen molar-refractivity contribution < 1.29 is 18.7 Å². The first kappa shape index (κ1) is 18.7. The van der Waals surface area contributed by atoms with Crippen LogP contribution < -0.4 is 5.63 Å². The van der Waals surface area contributed by atoms with Gasteiger partial charge in [0, 0.05) is 18.5 Å². The Morgan fingerprint density at radius 2 is 1.96 bits per heavy atom. The summed E-state index contributed by atoms with van der Waals surface area (Å²) in [6, 6.07) is 8.57. The summed E-state index contributed by atoms with van der Waals surface area (Å²) < 4.78 is 10.1. The van der Waals surface area contributed by atoms with Crippen LogP contribution in [0.25, 0.3) is 11.0 Å². The summed E-state index contributed by atoms with van der Waals surface area (Å²) in [6.07, 6.45) is 0.0885. The zero-order valence-corrected chi connectivity index (χ0v) is 14.8. The van der Waals surface area contributed by atoms with Crippen LogP contribution in [0, 0.1) is 5.92 Å². The molecule has 1 heterocycles. The highest BCUT2D eigenvalue weighted by Gasteiger charge is 2.22. The number of nitrogens with zero attached hydrogens (tertiary/aromatic N) is 1. The number of esters is 1. The monoisotopic (exact) mass is 345 g/mol. The Balaban J connectivity index is 2.27. The molecular weight excluding hydrogens is 322 g/mol. The van der Waals surface area contributed by atoms with Crippen molar-refractivity contribution in [2.24, 2.45) is 5.92 Å². The SMILES string of the molecule is CCOC(=O)CCN(CC(C)C)C(=O)c1cc2ccccc2oc1=O. The van der Waals surface area contributed by atoms with Crippen LogP contribution in [0.4, 0.5) is 0 Å². The van der Waals surface area contributed by atoms with Crippen molar-refractivity contribution in [1.29, 1.82) is 0 Å². The van der Waals surface area contributed by atoms with Crippen molar-refractivity contribution in [1.82, 2.24) is 4.90 Å². The number of carbonyl (C=O) groups is 2. The average Bonchev–Trinajstić information content (AvgIpc) is 2.57. The fourth-order valence-corrected chi connectivity index (χ4v) is 2.56. The highest BCUT2D eigenvalue weighted by Crippen LogP contribution is 2.14. The first-order valence-corrected chi connectivity index (χ1v) is 8.40. The standard InChI is InChI=1S/C19H23NO5/c1-4-24-17(21)9-10-20(12-13(2)3)18(22)15-11-14-7-5-6-8-16(14)25-19(15)23/h5-8,11,13H,4,9-10,12H2,1-3H3. The van der Waals surface area contributed by atoms with Crippen LogP contribution in [0.15, 0.2) is 39.5 Å². The third-order valence-electron chi connectivity index (χ3n) is 3.64. The molecule has 2 aromatic rings. The molecule has 6 nitrogen and oxygen atoms in total. The van der Waals surface area contributed by atoms with E-state index in [4.69, 9.17) is 9.15 Å². The van der Waals surface area contributed by atoms with E-state index in [-0.39, 0.29) is 30.4 Å². The molecule has 1 aromatic carbocycles. The number of para-hydroxylation sites is 1. The lowest BCUT2D eigenvalue weighted by Crippen LogP contribution is -2.38. The second-order valence-electron chi connectivity index (χ2n) is 6.19. The molecule has 2 rings (SSSR count). The first-order valence-electron chi connectivity index (χ1n) is 8.40. The van der Waals surface area contributed by atoms with Gasteiger partial charge in [0.15, 0.2) is 0 Å². The van der Waals surface area contributed by atoms with E-state index in [0.717, 1.165) is 0 Å². The highest BCUT2D eigenvalue weighted by molar-refractivity contribution is 5.96. The maximum Gasteiger partial charge on any atom is 0.349 e. The topological polar surface area (TPSA) is 76.8 Å². The summed E-state index contributed by atoms with van der Waals surface area (Å²) >= 11 is 0. The third kappa shape index (κ3) is 4.92. The van der Waals surface area contributed by atoms with Crippen LogP contribution in [0.1, 0.15) is 37.6 Å². The van der Waals surface area contributed by atoms with E-state index in [1.807, 2.05) is 19.9 Å². The van der Waals surface area contributed by atoms with Crippen LogP contribution in [0.2, 0.25) is 0 Å². The minimum absolute atomic E-state index is 0.0248. The van der Waals surface area contributed by atoms with Gasteiger partial charge in [-0.2, -0.15) is 0 Å². The molecular formula is C19H23NO5. The molecule has 0 spiro atoms. The molecule has 134 valence electrons. The first-order chi connectivity index (χ1) is 11.9. The van der Waals surface area contributed by atoms with Gasteiger partial charge in [-0.1, -0.05) is 32.0 Å². The lowest BCUT2D eigenvalue weighted by atomic mass is 10.1. The zero-order valence-electron chi connectivity index (χ0n) is 14.8. The fourth-order valence-electron chi connectivity index (χ4n) is 2.56. The Labute approximate surface area is 146 Å². The summed E-state index contributed by atoms with van der Waals surface area (Å²) in [7, 11) is 0. The summed E-state index contributed by atoms with van der Waals surface area (Å²) in [5.74, 6) is -0.606. The van der Waals surface area contributed by atoms with Crippen molar-refractivity contribution in [2.75, 3.05) is 19.7 Å². The van der Waals surface area contributed by atoms with Gasteiger partial charge in [0.1, 0.15) is 11.1 Å². The molecule has 25 heavy (non-hydrogen) atoms. The maximum atomic E-state index is 12.8. The Hall–Kier alpha value is -2.63. The molecule has 0 aliphatic heterocycles. The van der Waals surface area contributed by atoms with Gasteiger partial charge in [0.25, 0.3) is 5.91 Å². The van der Waals surface area contributed by atoms with Gasteiger partial charge in [0.05, 0.1) is 13.0 Å². The van der Waals surface area contributed by atoms with Crippen molar-refractivity contribution in [2.45, 2.75) is 27.2 Å². The van der Waals surface area contributed by atoms with Gasteiger partial charge >= 0.3 is 11.6 Å². The van der Waals surface area contributed by atoms with Gasteiger partial charge in [-0.05, 0) is 25.0 Å². The Morgan fingerprint density at radius 1 is 1.24 bits per heavy atom. The van der Waals surface area contributed by atoms with Crippen LogP contribution in [-0.2, 0) is 9.53 Å². The molecule has 0 unspecified atom stereocenters. The molecule has 0 radical (unpaired) electrons. The van der Waals surface area contributed by atoms with Crippen LogP contribution >= 0.6 is 0 Å². The van der Waals surface area contributed by atoms with E-state index in [2.05, 4.69) is 0 Å². The number of carbonyl (C=O) groups excluding carboxylic acids is 2. The van der Waals surface area contributed by atoms with Crippen molar-refractivity contribution >= 4 is 22.8 Å². The quantitative estimate of drug-likeness (QED) is 0.570. The van der Waals surface area contributed by atoms with Gasteiger partial charge in [-0.25, -0.2) is 4.79 Å². The predicted molar refractivity (Wildman–Crippen MR) is 94.5 cm³/mol. The van der Waals surface area contributed by atoms with Crippen LogP contribution in [0.3, 0.4) is 0 Å². The zero-order chi connectivity index (χ0) is 18.4. The van der Waals surface area contributed by atoms with E-state index in [0.29, 0.717) is 24.1 Å². The molecule has 0 fully saturated rings. The summed E-state index contributed by atoms with van der Waals surface area (Å²) in [5, 5.41) is 0.681. The lowest BCUT2D eigenvalue weighted by molar-refractivity contribution is -0.143.